The van der Waals surface area contributed by atoms with Crippen LogP contribution in [-0.4, -0.2) is 67.0 Å². The average molecular weight is 424 g/mol. The Hall–Kier alpha value is -0.990. The number of carbonyl (C=O) groups excluding carboxylic acids is 2. The molecule has 0 aliphatic rings. The fourth-order valence-corrected chi connectivity index (χ4v) is 2.71. The standard InChI is InChI=1S/C18H37N2O7P/c1-13(2)25-9-7-17(21)19-11-16(27-28(23,24)15(5)6)12-20-18(22)8-10-26-14(3)4/h13-16H,7-12H2,1-6H3,(H,19,21)(H,20,22)(H,23,24). The van der Waals surface area contributed by atoms with Crippen molar-refractivity contribution in [1.29, 1.82) is 0 Å². The van der Waals surface area contributed by atoms with Crippen molar-refractivity contribution in [3.8, 4) is 0 Å². The summed E-state index contributed by atoms with van der Waals surface area (Å²) in [6, 6.07) is 0. The number of ether oxygens (including phenoxy) is 2. The van der Waals surface area contributed by atoms with E-state index in [9.17, 15) is 19.0 Å². The van der Waals surface area contributed by atoms with Gasteiger partial charge in [0.25, 0.3) is 0 Å². The summed E-state index contributed by atoms with van der Waals surface area (Å²) < 4.78 is 28.1. The normalized spacial score (nSPS) is 14.0. The van der Waals surface area contributed by atoms with Crippen molar-refractivity contribution in [2.45, 2.75) is 78.4 Å². The van der Waals surface area contributed by atoms with Crippen molar-refractivity contribution in [2.24, 2.45) is 0 Å². The highest BCUT2D eigenvalue weighted by Gasteiger charge is 2.29. The molecule has 10 heteroatoms. The van der Waals surface area contributed by atoms with Gasteiger partial charge >= 0.3 is 7.60 Å². The molecule has 0 aromatic carbocycles. The van der Waals surface area contributed by atoms with Crippen LogP contribution in [0.15, 0.2) is 0 Å². The predicted octanol–water partition coefficient (Wildman–Crippen LogP) is 1.83. The molecule has 0 spiro atoms. The monoisotopic (exact) mass is 424 g/mol. The molecule has 0 aliphatic heterocycles. The molecular formula is C18H37N2O7P. The van der Waals surface area contributed by atoms with Crippen molar-refractivity contribution < 1.29 is 33.0 Å². The quantitative estimate of drug-likeness (QED) is 0.343. The Bertz CT molecular complexity index is 482. The third-order valence-electron chi connectivity index (χ3n) is 3.57. The topological polar surface area (TPSA) is 123 Å². The van der Waals surface area contributed by atoms with Crippen LogP contribution >= 0.6 is 7.60 Å². The van der Waals surface area contributed by atoms with E-state index >= 15 is 0 Å². The van der Waals surface area contributed by atoms with Gasteiger partial charge in [0.15, 0.2) is 0 Å². The molecule has 166 valence electrons. The molecule has 0 fully saturated rings. The second kappa shape index (κ2) is 14.1. The fourth-order valence-electron chi connectivity index (χ4n) is 1.89. The van der Waals surface area contributed by atoms with E-state index in [1.54, 1.807) is 13.8 Å². The van der Waals surface area contributed by atoms with E-state index in [1.807, 2.05) is 27.7 Å². The Balaban J connectivity index is 4.56. The third kappa shape index (κ3) is 14.1. The molecule has 0 aliphatic carbocycles. The Labute approximate surface area is 168 Å². The molecular weight excluding hydrogens is 387 g/mol. The van der Waals surface area contributed by atoms with E-state index in [4.69, 9.17) is 14.0 Å². The Morgan fingerprint density at radius 1 is 0.857 bits per heavy atom. The highest BCUT2D eigenvalue weighted by atomic mass is 31.2. The summed E-state index contributed by atoms with van der Waals surface area (Å²) in [4.78, 5) is 33.7. The largest absolute Gasteiger partial charge is 0.378 e. The number of rotatable bonds is 15. The van der Waals surface area contributed by atoms with Gasteiger partial charge in [-0.1, -0.05) is 13.8 Å². The molecule has 3 N–H and O–H groups in total. The first-order valence-corrected chi connectivity index (χ1v) is 11.4. The summed E-state index contributed by atoms with van der Waals surface area (Å²) >= 11 is 0. The number of nitrogens with one attached hydrogen (secondary N) is 2. The molecule has 0 saturated carbocycles. The van der Waals surface area contributed by atoms with Gasteiger partial charge in [-0.15, -0.1) is 0 Å². The van der Waals surface area contributed by atoms with Crippen molar-refractivity contribution in [1.82, 2.24) is 10.6 Å². The van der Waals surface area contributed by atoms with Gasteiger partial charge in [-0.2, -0.15) is 0 Å². The van der Waals surface area contributed by atoms with E-state index in [0.717, 1.165) is 0 Å². The van der Waals surface area contributed by atoms with Crippen molar-refractivity contribution in [3.63, 3.8) is 0 Å². The van der Waals surface area contributed by atoms with Crippen LogP contribution < -0.4 is 10.6 Å². The molecule has 28 heavy (non-hydrogen) atoms. The maximum absolute atomic E-state index is 12.2. The van der Waals surface area contributed by atoms with Gasteiger partial charge in [0.2, 0.25) is 11.8 Å². The summed E-state index contributed by atoms with van der Waals surface area (Å²) in [5, 5.41) is 5.30. The van der Waals surface area contributed by atoms with Crippen LogP contribution in [0.4, 0.5) is 0 Å². The Kier molecular flexibility index (Phi) is 13.6. The van der Waals surface area contributed by atoms with Gasteiger partial charge in [-0.05, 0) is 27.7 Å². The molecule has 0 bridgehead atoms. The molecule has 1 unspecified atom stereocenters. The lowest BCUT2D eigenvalue weighted by Gasteiger charge is -2.24. The number of carbonyl (C=O) groups is 2. The lowest BCUT2D eigenvalue weighted by atomic mass is 10.3. The zero-order valence-electron chi connectivity index (χ0n) is 17.9. The summed E-state index contributed by atoms with van der Waals surface area (Å²) in [6.07, 6.45) is -0.423. The van der Waals surface area contributed by atoms with Crippen molar-refractivity contribution >= 4 is 19.4 Å². The molecule has 9 nitrogen and oxygen atoms in total. The van der Waals surface area contributed by atoms with E-state index in [1.165, 1.54) is 0 Å². The Morgan fingerprint density at radius 3 is 1.57 bits per heavy atom. The maximum atomic E-state index is 12.2. The maximum Gasteiger partial charge on any atom is 0.330 e. The van der Waals surface area contributed by atoms with Gasteiger partial charge in [-0.3, -0.25) is 14.2 Å². The first-order chi connectivity index (χ1) is 12.9. The van der Waals surface area contributed by atoms with E-state index in [2.05, 4.69) is 10.6 Å². The van der Waals surface area contributed by atoms with Crippen LogP contribution in [0.1, 0.15) is 54.4 Å². The van der Waals surface area contributed by atoms with E-state index in [-0.39, 0.29) is 63.2 Å². The minimum atomic E-state index is -3.86. The minimum absolute atomic E-state index is 0.000552. The smallest absolute Gasteiger partial charge is 0.330 e. The molecule has 2 amide bonds. The lowest BCUT2D eigenvalue weighted by molar-refractivity contribution is -0.122. The van der Waals surface area contributed by atoms with Crippen LogP contribution in [0, 0.1) is 0 Å². The number of hydrogen-bond acceptors (Lipinski definition) is 6. The van der Waals surface area contributed by atoms with E-state index < -0.39 is 19.4 Å². The second-order valence-corrected chi connectivity index (χ2v) is 9.70. The summed E-state index contributed by atoms with van der Waals surface area (Å²) in [5.74, 6) is -0.522. The summed E-state index contributed by atoms with van der Waals surface area (Å²) in [7, 11) is -3.86. The van der Waals surface area contributed by atoms with Gasteiger partial charge < -0.3 is 29.5 Å². The second-order valence-electron chi connectivity index (χ2n) is 7.33. The molecule has 0 heterocycles. The fraction of sp³-hybridized carbons (Fsp3) is 0.889. The van der Waals surface area contributed by atoms with Gasteiger partial charge in [0.1, 0.15) is 6.10 Å². The van der Waals surface area contributed by atoms with Crippen LogP contribution in [-0.2, 0) is 28.2 Å². The van der Waals surface area contributed by atoms with Gasteiger partial charge in [0.05, 0.1) is 31.1 Å². The van der Waals surface area contributed by atoms with Gasteiger partial charge in [-0.25, -0.2) is 0 Å². The van der Waals surface area contributed by atoms with Crippen LogP contribution in [0.2, 0.25) is 0 Å². The predicted molar refractivity (Wildman–Crippen MR) is 107 cm³/mol. The minimum Gasteiger partial charge on any atom is -0.378 e. The third-order valence-corrected chi connectivity index (χ3v) is 5.47. The van der Waals surface area contributed by atoms with Crippen molar-refractivity contribution in [2.75, 3.05) is 26.3 Å². The van der Waals surface area contributed by atoms with Crippen LogP contribution in [0.5, 0.6) is 0 Å². The first kappa shape index (κ1) is 27.0. The van der Waals surface area contributed by atoms with E-state index in [0.29, 0.717) is 0 Å². The molecule has 0 rings (SSSR count). The van der Waals surface area contributed by atoms with Gasteiger partial charge in [0, 0.05) is 25.9 Å². The Morgan fingerprint density at radius 2 is 1.25 bits per heavy atom. The van der Waals surface area contributed by atoms with Crippen LogP contribution in [0.25, 0.3) is 0 Å². The molecule has 0 aromatic heterocycles. The van der Waals surface area contributed by atoms with Crippen LogP contribution in [0.3, 0.4) is 0 Å². The highest BCUT2D eigenvalue weighted by molar-refractivity contribution is 7.53. The average Bonchev–Trinajstić information content (AvgIpc) is 2.56. The SMILES string of the molecule is CC(C)OCCC(=O)NCC(CNC(=O)CCOC(C)C)OP(=O)(O)C(C)C. The number of hydrogen-bond donors (Lipinski definition) is 3. The molecule has 0 radical (unpaired) electrons. The zero-order valence-corrected chi connectivity index (χ0v) is 18.8. The molecule has 0 aromatic rings. The zero-order chi connectivity index (χ0) is 21.7. The highest BCUT2D eigenvalue weighted by Crippen LogP contribution is 2.48. The summed E-state index contributed by atoms with van der Waals surface area (Å²) in [5.41, 5.74) is -0.597. The summed E-state index contributed by atoms with van der Waals surface area (Å²) in [6.45, 7) is 11.2. The van der Waals surface area contributed by atoms with Crippen molar-refractivity contribution in [3.05, 3.63) is 0 Å². The first-order valence-electron chi connectivity index (χ1n) is 9.71. The lowest BCUT2D eigenvalue weighted by Crippen LogP contribution is -2.41. The molecule has 0 saturated heterocycles. The molecule has 1 atom stereocenters. The number of amides is 2.